The third kappa shape index (κ3) is 4.10. The van der Waals surface area contributed by atoms with E-state index in [0.717, 1.165) is 18.4 Å². The van der Waals surface area contributed by atoms with E-state index in [2.05, 4.69) is 64.2 Å². The molecule has 1 aromatic carbocycles. The van der Waals surface area contributed by atoms with Crippen LogP contribution in [0.4, 0.5) is 0 Å². The molecule has 0 spiro atoms. The molecule has 0 saturated carbocycles. The van der Waals surface area contributed by atoms with Gasteiger partial charge in [0.1, 0.15) is 0 Å². The zero-order chi connectivity index (χ0) is 15.5. The van der Waals surface area contributed by atoms with Crippen molar-refractivity contribution in [3.8, 4) is 0 Å². The van der Waals surface area contributed by atoms with Crippen molar-refractivity contribution in [2.45, 2.75) is 59.8 Å². The summed E-state index contributed by atoms with van der Waals surface area (Å²) in [4.78, 5) is 0. The van der Waals surface area contributed by atoms with Gasteiger partial charge in [-0.1, -0.05) is 57.5 Å². The fraction of sp³-hybridized carbons (Fsp3) is 0.700. The molecule has 1 heteroatoms. The summed E-state index contributed by atoms with van der Waals surface area (Å²) < 4.78 is 0. The summed E-state index contributed by atoms with van der Waals surface area (Å²) >= 11 is 0. The molecule has 0 amide bonds. The quantitative estimate of drug-likeness (QED) is 0.789. The van der Waals surface area contributed by atoms with Crippen LogP contribution in [0.1, 0.15) is 64.0 Å². The summed E-state index contributed by atoms with van der Waals surface area (Å²) in [6, 6.07) is 9.20. The Bertz CT molecular complexity index is 437. The maximum atomic E-state index is 3.65. The minimum Gasteiger partial charge on any atom is -0.316 e. The summed E-state index contributed by atoms with van der Waals surface area (Å²) in [5, 5.41) is 3.65. The maximum absolute atomic E-state index is 3.65. The third-order valence-electron chi connectivity index (χ3n) is 4.96. The molecule has 0 aliphatic carbocycles. The molecular weight excluding hydrogens is 254 g/mol. The number of aryl methyl sites for hydroxylation is 1. The Labute approximate surface area is 131 Å². The van der Waals surface area contributed by atoms with Gasteiger partial charge in [0.2, 0.25) is 0 Å². The first kappa shape index (κ1) is 16.5. The number of piperidine rings is 1. The van der Waals surface area contributed by atoms with Crippen molar-refractivity contribution in [1.29, 1.82) is 0 Å². The molecule has 1 heterocycles. The summed E-state index contributed by atoms with van der Waals surface area (Å²) in [5.74, 6) is 2.21. The number of hydrogen-bond donors (Lipinski definition) is 1. The monoisotopic (exact) mass is 287 g/mol. The van der Waals surface area contributed by atoms with E-state index in [1.165, 1.54) is 31.4 Å². The molecule has 1 fully saturated rings. The first-order chi connectivity index (χ1) is 9.93. The van der Waals surface area contributed by atoms with Crippen molar-refractivity contribution in [3.05, 3.63) is 35.4 Å². The highest BCUT2D eigenvalue weighted by Crippen LogP contribution is 2.49. The van der Waals surface area contributed by atoms with E-state index in [1.807, 2.05) is 0 Å². The lowest BCUT2D eigenvalue weighted by Crippen LogP contribution is -2.45. The summed E-state index contributed by atoms with van der Waals surface area (Å²) in [6.07, 6.45) is 4.03. The molecule has 0 radical (unpaired) electrons. The van der Waals surface area contributed by atoms with E-state index in [1.54, 1.807) is 5.56 Å². The van der Waals surface area contributed by atoms with Crippen LogP contribution >= 0.6 is 0 Å². The van der Waals surface area contributed by atoms with Gasteiger partial charge in [-0.05, 0) is 55.5 Å². The second-order valence-corrected chi connectivity index (χ2v) is 7.98. The normalized spacial score (nSPS) is 22.0. The first-order valence-corrected chi connectivity index (χ1v) is 8.70. The van der Waals surface area contributed by atoms with E-state index in [-0.39, 0.29) is 0 Å². The van der Waals surface area contributed by atoms with Crippen LogP contribution in [0, 0.1) is 24.2 Å². The van der Waals surface area contributed by atoms with Crippen molar-refractivity contribution in [3.63, 3.8) is 0 Å². The van der Waals surface area contributed by atoms with E-state index in [9.17, 15) is 0 Å². The molecule has 1 N–H and O–H groups in total. The Morgan fingerprint density at radius 3 is 2.38 bits per heavy atom. The first-order valence-electron chi connectivity index (χ1n) is 8.70. The maximum Gasteiger partial charge on any atom is 0.00255 e. The Morgan fingerprint density at radius 1 is 1.14 bits per heavy atom. The molecule has 1 nitrogen and oxygen atoms in total. The molecule has 1 aliphatic rings. The SMILES string of the molecule is Cc1cccc(C2CNCCC2(CC(C)C)CC(C)C)c1. The van der Waals surface area contributed by atoms with Crippen molar-refractivity contribution in [2.75, 3.05) is 13.1 Å². The predicted octanol–water partition coefficient (Wildman–Crippen LogP) is 5.15. The minimum atomic E-state index is 0.474. The van der Waals surface area contributed by atoms with Gasteiger partial charge in [0, 0.05) is 12.5 Å². The predicted molar refractivity (Wildman–Crippen MR) is 92.7 cm³/mol. The average molecular weight is 287 g/mol. The lowest BCUT2D eigenvalue weighted by Gasteiger charge is -2.47. The lowest BCUT2D eigenvalue weighted by atomic mass is 9.60. The molecular formula is C20H33N. The van der Waals surface area contributed by atoms with Crippen molar-refractivity contribution in [2.24, 2.45) is 17.3 Å². The van der Waals surface area contributed by atoms with Crippen LogP contribution in [0.15, 0.2) is 24.3 Å². The minimum absolute atomic E-state index is 0.474. The van der Waals surface area contributed by atoms with Crippen molar-refractivity contribution < 1.29 is 0 Å². The van der Waals surface area contributed by atoms with Crippen LogP contribution in [0.25, 0.3) is 0 Å². The largest absolute Gasteiger partial charge is 0.316 e. The summed E-state index contributed by atoms with van der Waals surface area (Å²) in [7, 11) is 0. The van der Waals surface area contributed by atoms with Crippen LogP contribution in [-0.2, 0) is 0 Å². The topological polar surface area (TPSA) is 12.0 Å². The highest BCUT2D eigenvalue weighted by molar-refractivity contribution is 5.28. The average Bonchev–Trinajstić information content (AvgIpc) is 2.37. The van der Waals surface area contributed by atoms with Crippen LogP contribution in [0.3, 0.4) is 0 Å². The zero-order valence-corrected chi connectivity index (χ0v) is 14.6. The van der Waals surface area contributed by atoms with Crippen LogP contribution in [0.2, 0.25) is 0 Å². The van der Waals surface area contributed by atoms with Gasteiger partial charge in [0.15, 0.2) is 0 Å². The van der Waals surface area contributed by atoms with Gasteiger partial charge in [-0.15, -0.1) is 0 Å². The smallest absolute Gasteiger partial charge is 0.00255 e. The van der Waals surface area contributed by atoms with E-state index in [4.69, 9.17) is 0 Å². The Morgan fingerprint density at radius 2 is 1.81 bits per heavy atom. The highest BCUT2D eigenvalue weighted by atomic mass is 14.9. The van der Waals surface area contributed by atoms with Crippen molar-refractivity contribution >= 4 is 0 Å². The van der Waals surface area contributed by atoms with Gasteiger partial charge in [-0.2, -0.15) is 0 Å². The van der Waals surface area contributed by atoms with E-state index >= 15 is 0 Å². The number of rotatable bonds is 5. The fourth-order valence-corrected chi connectivity index (χ4v) is 4.53. The Balaban J connectivity index is 2.37. The van der Waals surface area contributed by atoms with Crippen molar-refractivity contribution in [1.82, 2.24) is 5.32 Å². The molecule has 1 aromatic rings. The second kappa shape index (κ2) is 6.96. The molecule has 0 aromatic heterocycles. The Kier molecular flexibility index (Phi) is 5.48. The third-order valence-corrected chi connectivity index (χ3v) is 4.96. The number of benzene rings is 1. The summed E-state index contributed by atoms with van der Waals surface area (Å²) in [5.41, 5.74) is 3.41. The molecule has 1 unspecified atom stereocenters. The second-order valence-electron chi connectivity index (χ2n) is 7.98. The number of nitrogens with one attached hydrogen (secondary N) is 1. The fourth-order valence-electron chi connectivity index (χ4n) is 4.53. The molecule has 1 aliphatic heterocycles. The highest BCUT2D eigenvalue weighted by Gasteiger charge is 2.41. The standard InChI is InChI=1S/C20H33N/c1-15(2)12-20(13-16(3)4)9-10-21-14-19(20)18-8-6-7-17(5)11-18/h6-8,11,15-16,19,21H,9-10,12-14H2,1-5H3. The van der Waals surface area contributed by atoms with Crippen LogP contribution in [0.5, 0.6) is 0 Å². The van der Waals surface area contributed by atoms with Gasteiger partial charge in [0.25, 0.3) is 0 Å². The molecule has 118 valence electrons. The molecule has 2 rings (SSSR count). The molecule has 21 heavy (non-hydrogen) atoms. The van der Waals surface area contributed by atoms with Gasteiger partial charge >= 0.3 is 0 Å². The zero-order valence-electron chi connectivity index (χ0n) is 14.6. The van der Waals surface area contributed by atoms with Gasteiger partial charge in [-0.25, -0.2) is 0 Å². The van der Waals surface area contributed by atoms with E-state index in [0.29, 0.717) is 11.3 Å². The van der Waals surface area contributed by atoms with E-state index < -0.39 is 0 Å². The molecule has 1 saturated heterocycles. The lowest BCUT2D eigenvalue weighted by molar-refractivity contribution is 0.0971. The van der Waals surface area contributed by atoms with Gasteiger partial charge in [0.05, 0.1) is 0 Å². The molecule has 0 bridgehead atoms. The van der Waals surface area contributed by atoms with Gasteiger partial charge in [-0.3, -0.25) is 0 Å². The Hall–Kier alpha value is -0.820. The summed E-state index contributed by atoms with van der Waals surface area (Å²) in [6.45, 7) is 14.1. The molecule has 1 atom stereocenters. The van der Waals surface area contributed by atoms with Crippen LogP contribution < -0.4 is 5.32 Å². The van der Waals surface area contributed by atoms with Gasteiger partial charge < -0.3 is 5.32 Å². The number of hydrogen-bond acceptors (Lipinski definition) is 1. The van der Waals surface area contributed by atoms with Crippen LogP contribution in [-0.4, -0.2) is 13.1 Å².